The van der Waals surface area contributed by atoms with Gasteiger partial charge < -0.3 is 9.47 Å². The molecule has 0 bridgehead atoms. The predicted molar refractivity (Wildman–Crippen MR) is 92.6 cm³/mol. The summed E-state index contributed by atoms with van der Waals surface area (Å²) in [6.45, 7) is 3.90. The zero-order valence-corrected chi connectivity index (χ0v) is 14.0. The highest BCUT2D eigenvalue weighted by atomic mass is 16.6. The predicted octanol–water partition coefficient (Wildman–Crippen LogP) is 3.22. The zero-order valence-electron chi connectivity index (χ0n) is 14.0. The molecule has 0 atom stereocenters. The van der Waals surface area contributed by atoms with Crippen molar-refractivity contribution in [3.63, 3.8) is 0 Å². The standard InChI is InChI=1S/C18H19NO6/c1-3-24-17(20)11-7-15(8-12-18(21)25-4-2)13-14-5-9-16(10-6-14)19(22)23/h5-13H,3-4H2,1-2H3/b11-7+,12-8+. The van der Waals surface area contributed by atoms with Gasteiger partial charge in [0.25, 0.3) is 5.69 Å². The number of allylic oxidation sites excluding steroid dienone is 3. The molecule has 7 nitrogen and oxygen atoms in total. The van der Waals surface area contributed by atoms with E-state index in [1.807, 2.05) is 0 Å². The van der Waals surface area contributed by atoms with Crippen LogP contribution in [0.2, 0.25) is 0 Å². The zero-order chi connectivity index (χ0) is 18.7. The maximum Gasteiger partial charge on any atom is 0.330 e. The first-order chi connectivity index (χ1) is 12.0. The lowest BCUT2D eigenvalue weighted by molar-refractivity contribution is -0.384. The molecule has 0 radical (unpaired) electrons. The first-order valence-electron chi connectivity index (χ1n) is 7.62. The Balaban J connectivity index is 3.04. The second kappa shape index (κ2) is 10.5. The van der Waals surface area contributed by atoms with E-state index in [2.05, 4.69) is 0 Å². The lowest BCUT2D eigenvalue weighted by atomic mass is 10.1. The Morgan fingerprint density at radius 2 is 1.44 bits per heavy atom. The van der Waals surface area contributed by atoms with Gasteiger partial charge in [-0.15, -0.1) is 0 Å². The number of rotatable bonds is 8. The Labute approximate surface area is 145 Å². The number of non-ortho nitro benzene ring substituents is 1. The van der Waals surface area contributed by atoms with Gasteiger partial charge in [0.15, 0.2) is 0 Å². The molecule has 0 saturated heterocycles. The second-order valence-electron chi connectivity index (χ2n) is 4.66. The highest BCUT2D eigenvalue weighted by molar-refractivity contribution is 5.85. The van der Waals surface area contributed by atoms with Crippen LogP contribution in [0.15, 0.2) is 54.1 Å². The number of carbonyl (C=O) groups is 2. The van der Waals surface area contributed by atoms with Gasteiger partial charge in [0.1, 0.15) is 0 Å². The van der Waals surface area contributed by atoms with Crippen LogP contribution < -0.4 is 0 Å². The molecule has 0 N–H and O–H groups in total. The van der Waals surface area contributed by atoms with Crippen molar-refractivity contribution in [1.82, 2.24) is 0 Å². The number of benzene rings is 1. The normalized spacial score (nSPS) is 10.6. The van der Waals surface area contributed by atoms with E-state index < -0.39 is 16.9 Å². The minimum Gasteiger partial charge on any atom is -0.463 e. The Kier molecular flexibility index (Phi) is 8.35. The summed E-state index contributed by atoms with van der Waals surface area (Å²) in [5.41, 5.74) is 1.17. The fourth-order valence-electron chi connectivity index (χ4n) is 1.75. The Hall–Kier alpha value is -3.22. The molecular weight excluding hydrogens is 326 g/mol. The van der Waals surface area contributed by atoms with Crippen molar-refractivity contribution in [2.24, 2.45) is 0 Å². The van der Waals surface area contributed by atoms with Crippen LogP contribution in [-0.4, -0.2) is 30.1 Å². The molecule has 1 aromatic rings. The first-order valence-corrected chi connectivity index (χ1v) is 7.62. The largest absolute Gasteiger partial charge is 0.463 e. The molecule has 0 heterocycles. The Bertz CT molecular complexity index is 671. The number of hydrogen-bond acceptors (Lipinski definition) is 6. The van der Waals surface area contributed by atoms with Gasteiger partial charge in [-0.2, -0.15) is 0 Å². The van der Waals surface area contributed by atoms with Crippen LogP contribution in [0, 0.1) is 10.1 Å². The van der Waals surface area contributed by atoms with Crippen molar-refractivity contribution < 1.29 is 24.0 Å². The summed E-state index contributed by atoms with van der Waals surface area (Å²) in [5.74, 6) is -1.02. The fourth-order valence-corrected chi connectivity index (χ4v) is 1.75. The summed E-state index contributed by atoms with van der Waals surface area (Å²) in [4.78, 5) is 33.1. The molecule has 1 rings (SSSR count). The van der Waals surface area contributed by atoms with Crippen molar-refractivity contribution in [3.8, 4) is 0 Å². The highest BCUT2D eigenvalue weighted by Gasteiger charge is 2.03. The van der Waals surface area contributed by atoms with E-state index in [1.54, 1.807) is 32.1 Å². The SMILES string of the molecule is CCOC(=O)/C=C/C(=Cc1ccc([N+](=O)[O-])cc1)/C=C/C(=O)OCC. The van der Waals surface area contributed by atoms with E-state index in [0.717, 1.165) is 0 Å². The molecule has 0 aliphatic rings. The molecule has 0 aliphatic carbocycles. The third-order valence-corrected chi connectivity index (χ3v) is 2.83. The third kappa shape index (κ3) is 7.74. The molecule has 0 aromatic heterocycles. The Morgan fingerprint density at radius 3 is 1.84 bits per heavy atom. The van der Waals surface area contributed by atoms with Gasteiger partial charge in [-0.1, -0.05) is 0 Å². The summed E-state index contributed by atoms with van der Waals surface area (Å²) in [7, 11) is 0. The van der Waals surface area contributed by atoms with Crippen LogP contribution in [0.3, 0.4) is 0 Å². The van der Waals surface area contributed by atoms with Crippen molar-refractivity contribution in [2.75, 3.05) is 13.2 Å². The first kappa shape index (κ1) is 19.8. The summed E-state index contributed by atoms with van der Waals surface area (Å²) < 4.78 is 9.61. The van der Waals surface area contributed by atoms with E-state index in [4.69, 9.17) is 9.47 Å². The summed E-state index contributed by atoms with van der Waals surface area (Å²) in [6, 6.07) is 5.87. The summed E-state index contributed by atoms with van der Waals surface area (Å²) in [5, 5.41) is 10.7. The molecule has 0 saturated carbocycles. The molecule has 132 valence electrons. The summed E-state index contributed by atoms with van der Waals surface area (Å²) >= 11 is 0. The van der Waals surface area contributed by atoms with Crippen LogP contribution in [0.1, 0.15) is 19.4 Å². The minimum atomic E-state index is -0.512. The smallest absolute Gasteiger partial charge is 0.330 e. The van der Waals surface area contributed by atoms with Gasteiger partial charge in [0, 0.05) is 24.3 Å². The highest BCUT2D eigenvalue weighted by Crippen LogP contribution is 2.15. The van der Waals surface area contributed by atoms with Crippen molar-refractivity contribution >= 4 is 23.7 Å². The topological polar surface area (TPSA) is 95.7 Å². The molecule has 1 aromatic carbocycles. The van der Waals surface area contributed by atoms with Gasteiger partial charge in [0.05, 0.1) is 18.1 Å². The summed E-state index contributed by atoms with van der Waals surface area (Å²) in [6.07, 6.45) is 7.09. The molecular formula is C18H19NO6. The third-order valence-electron chi connectivity index (χ3n) is 2.83. The van der Waals surface area contributed by atoms with Crippen molar-refractivity contribution in [2.45, 2.75) is 13.8 Å². The van der Waals surface area contributed by atoms with Crippen LogP contribution in [-0.2, 0) is 19.1 Å². The average Bonchev–Trinajstić information content (AvgIpc) is 2.58. The van der Waals surface area contributed by atoms with E-state index in [-0.39, 0.29) is 18.9 Å². The monoisotopic (exact) mass is 345 g/mol. The molecule has 0 spiro atoms. The number of nitro groups is 1. The second-order valence-corrected chi connectivity index (χ2v) is 4.66. The number of nitro benzene ring substituents is 1. The van der Waals surface area contributed by atoms with E-state index in [9.17, 15) is 19.7 Å². The van der Waals surface area contributed by atoms with Gasteiger partial charge in [0.2, 0.25) is 0 Å². The van der Waals surface area contributed by atoms with Crippen LogP contribution >= 0.6 is 0 Å². The Morgan fingerprint density at radius 1 is 0.960 bits per heavy atom. The van der Waals surface area contributed by atoms with Gasteiger partial charge in [-0.3, -0.25) is 10.1 Å². The van der Waals surface area contributed by atoms with Gasteiger partial charge in [-0.05, 0) is 55.3 Å². The number of esters is 2. The quantitative estimate of drug-likeness (QED) is 0.236. The van der Waals surface area contributed by atoms with Crippen LogP contribution in [0.4, 0.5) is 5.69 Å². The average molecular weight is 345 g/mol. The molecule has 0 fully saturated rings. The maximum absolute atomic E-state index is 11.4. The fraction of sp³-hybridized carbons (Fsp3) is 0.222. The van der Waals surface area contributed by atoms with Crippen LogP contribution in [0.25, 0.3) is 6.08 Å². The van der Waals surface area contributed by atoms with Crippen LogP contribution in [0.5, 0.6) is 0 Å². The lowest BCUT2D eigenvalue weighted by Gasteiger charge is -1.99. The number of ether oxygens (including phenoxy) is 2. The molecule has 0 aliphatic heterocycles. The lowest BCUT2D eigenvalue weighted by Crippen LogP contribution is -2.00. The molecule has 25 heavy (non-hydrogen) atoms. The maximum atomic E-state index is 11.4. The molecule has 7 heteroatoms. The van der Waals surface area contributed by atoms with E-state index in [1.165, 1.54) is 36.4 Å². The number of nitrogens with zero attached hydrogens (tertiary/aromatic N) is 1. The van der Waals surface area contributed by atoms with Gasteiger partial charge in [-0.25, -0.2) is 9.59 Å². The van der Waals surface area contributed by atoms with E-state index in [0.29, 0.717) is 11.1 Å². The minimum absolute atomic E-state index is 0.0252. The molecule has 0 amide bonds. The van der Waals surface area contributed by atoms with Crippen molar-refractivity contribution in [1.29, 1.82) is 0 Å². The number of carbonyl (C=O) groups excluding carboxylic acids is 2. The van der Waals surface area contributed by atoms with E-state index >= 15 is 0 Å². The van der Waals surface area contributed by atoms with Crippen molar-refractivity contribution in [3.05, 3.63) is 69.8 Å². The van der Waals surface area contributed by atoms with Gasteiger partial charge >= 0.3 is 11.9 Å². The number of hydrogen-bond donors (Lipinski definition) is 0. The molecule has 0 unspecified atom stereocenters.